The largest absolute Gasteiger partial charge is 0.336 e. The van der Waals surface area contributed by atoms with Crippen molar-refractivity contribution in [2.24, 2.45) is 0 Å². The van der Waals surface area contributed by atoms with Crippen LogP contribution in [0.1, 0.15) is 16.1 Å². The Hall–Kier alpha value is -2.30. The number of amides is 1. The Bertz CT molecular complexity index is 862. The lowest BCUT2D eigenvalue weighted by atomic mass is 10.1. The maximum absolute atomic E-state index is 12.6. The molecule has 4 nitrogen and oxygen atoms in total. The number of aromatic nitrogens is 2. The molecular weight excluding hydrogens is 345 g/mol. The zero-order chi connectivity index (χ0) is 17.1. The molecular formula is C18H15Cl2N3O. The van der Waals surface area contributed by atoms with Gasteiger partial charge in [-0.25, -0.2) is 0 Å². The van der Waals surface area contributed by atoms with E-state index in [2.05, 4.69) is 10.2 Å². The normalized spacial score (nSPS) is 10.6. The maximum Gasteiger partial charge on any atom is 0.271 e. The average Bonchev–Trinajstić information content (AvgIpc) is 3.09. The van der Waals surface area contributed by atoms with Gasteiger partial charge in [0.1, 0.15) is 5.69 Å². The molecule has 0 radical (unpaired) electrons. The molecule has 2 aromatic carbocycles. The summed E-state index contributed by atoms with van der Waals surface area (Å²) >= 11 is 12.2. The molecule has 0 saturated carbocycles. The van der Waals surface area contributed by atoms with E-state index in [1.165, 1.54) is 0 Å². The molecule has 3 aromatic rings. The van der Waals surface area contributed by atoms with Crippen LogP contribution in [0.2, 0.25) is 10.0 Å². The number of nitrogens with one attached hydrogen (secondary N) is 1. The van der Waals surface area contributed by atoms with E-state index in [1.54, 1.807) is 24.1 Å². The van der Waals surface area contributed by atoms with E-state index < -0.39 is 0 Å². The number of hydrogen-bond donors (Lipinski definition) is 1. The molecule has 0 spiro atoms. The Morgan fingerprint density at radius 1 is 1.12 bits per heavy atom. The summed E-state index contributed by atoms with van der Waals surface area (Å²) < 4.78 is 0. The van der Waals surface area contributed by atoms with Crippen molar-refractivity contribution in [3.63, 3.8) is 0 Å². The number of aromatic amines is 1. The van der Waals surface area contributed by atoms with Crippen molar-refractivity contribution in [2.75, 3.05) is 7.05 Å². The topological polar surface area (TPSA) is 49.0 Å². The fourth-order valence-corrected chi connectivity index (χ4v) is 2.77. The zero-order valence-corrected chi connectivity index (χ0v) is 14.5. The van der Waals surface area contributed by atoms with Gasteiger partial charge in [0.05, 0.1) is 15.7 Å². The number of H-pyrrole nitrogens is 1. The molecule has 1 heterocycles. The molecule has 0 saturated heterocycles. The maximum atomic E-state index is 12.6. The lowest BCUT2D eigenvalue weighted by Crippen LogP contribution is -2.26. The van der Waals surface area contributed by atoms with E-state index in [0.717, 1.165) is 16.8 Å². The minimum absolute atomic E-state index is 0.166. The van der Waals surface area contributed by atoms with Gasteiger partial charge in [0.15, 0.2) is 0 Å². The Morgan fingerprint density at radius 2 is 1.88 bits per heavy atom. The summed E-state index contributed by atoms with van der Waals surface area (Å²) in [4.78, 5) is 14.1. The third kappa shape index (κ3) is 3.45. The average molecular weight is 360 g/mol. The van der Waals surface area contributed by atoms with E-state index in [1.807, 2.05) is 42.5 Å². The van der Waals surface area contributed by atoms with E-state index in [4.69, 9.17) is 23.2 Å². The molecule has 24 heavy (non-hydrogen) atoms. The molecule has 6 heteroatoms. The summed E-state index contributed by atoms with van der Waals surface area (Å²) in [6.07, 6.45) is 0. The van der Waals surface area contributed by atoms with Crippen LogP contribution in [0.5, 0.6) is 0 Å². The van der Waals surface area contributed by atoms with Crippen LogP contribution in [-0.2, 0) is 6.54 Å². The summed E-state index contributed by atoms with van der Waals surface area (Å²) in [5, 5.41) is 7.95. The van der Waals surface area contributed by atoms with Crippen molar-refractivity contribution < 1.29 is 4.79 Å². The smallest absolute Gasteiger partial charge is 0.271 e. The summed E-state index contributed by atoms with van der Waals surface area (Å²) in [6.45, 7) is 0.359. The number of carbonyl (C=O) groups excluding carboxylic acids is 1. The molecule has 1 N–H and O–H groups in total. The summed E-state index contributed by atoms with van der Waals surface area (Å²) in [7, 11) is 1.71. The molecule has 1 amide bonds. The molecule has 122 valence electrons. The highest BCUT2D eigenvalue weighted by Crippen LogP contribution is 2.26. The third-order valence-electron chi connectivity index (χ3n) is 3.66. The first-order chi connectivity index (χ1) is 11.6. The minimum atomic E-state index is -0.166. The van der Waals surface area contributed by atoms with Crippen molar-refractivity contribution in [3.8, 4) is 11.3 Å². The van der Waals surface area contributed by atoms with Gasteiger partial charge in [0.25, 0.3) is 5.91 Å². The van der Waals surface area contributed by atoms with Crippen LogP contribution < -0.4 is 0 Å². The van der Waals surface area contributed by atoms with Gasteiger partial charge in [-0.05, 0) is 17.7 Å². The van der Waals surface area contributed by atoms with E-state index in [-0.39, 0.29) is 5.91 Å². The van der Waals surface area contributed by atoms with Gasteiger partial charge in [-0.1, -0.05) is 65.7 Å². The fraction of sp³-hybridized carbons (Fsp3) is 0.111. The molecule has 0 fully saturated rings. The van der Waals surface area contributed by atoms with Crippen LogP contribution in [0.15, 0.2) is 54.6 Å². The van der Waals surface area contributed by atoms with Crippen molar-refractivity contribution in [2.45, 2.75) is 6.54 Å². The predicted octanol–water partition coefficient (Wildman–Crippen LogP) is 4.66. The molecule has 0 bridgehead atoms. The minimum Gasteiger partial charge on any atom is -0.336 e. The molecule has 0 aliphatic heterocycles. The van der Waals surface area contributed by atoms with Gasteiger partial charge in [-0.15, -0.1) is 0 Å². The Balaban J connectivity index is 1.77. The standard InChI is InChI=1S/C18H15Cl2N3O/c1-23(11-13-8-5-9-14(19)17(13)20)18(24)16-10-15(21-22-16)12-6-3-2-4-7-12/h2-10H,11H2,1H3,(H,21,22). The highest BCUT2D eigenvalue weighted by molar-refractivity contribution is 6.42. The zero-order valence-electron chi connectivity index (χ0n) is 13.0. The van der Waals surface area contributed by atoms with E-state index in [0.29, 0.717) is 22.3 Å². The quantitative estimate of drug-likeness (QED) is 0.736. The summed E-state index contributed by atoms with van der Waals surface area (Å²) in [5.41, 5.74) is 2.90. The first-order valence-corrected chi connectivity index (χ1v) is 8.11. The Kier molecular flexibility index (Phi) is 4.88. The van der Waals surface area contributed by atoms with Crippen LogP contribution in [-0.4, -0.2) is 28.1 Å². The van der Waals surface area contributed by atoms with E-state index >= 15 is 0 Å². The van der Waals surface area contributed by atoms with Gasteiger partial charge >= 0.3 is 0 Å². The number of benzene rings is 2. The van der Waals surface area contributed by atoms with Gasteiger partial charge in [-0.2, -0.15) is 5.10 Å². The van der Waals surface area contributed by atoms with Gasteiger partial charge < -0.3 is 4.90 Å². The molecule has 0 unspecified atom stereocenters. The van der Waals surface area contributed by atoms with Gasteiger partial charge in [-0.3, -0.25) is 9.89 Å². The molecule has 0 atom stereocenters. The van der Waals surface area contributed by atoms with Gasteiger partial charge in [0, 0.05) is 19.2 Å². The first kappa shape index (κ1) is 16.6. The molecule has 3 rings (SSSR count). The SMILES string of the molecule is CN(Cc1cccc(Cl)c1Cl)C(=O)c1cc(-c2ccccc2)n[nH]1. The number of rotatable bonds is 4. The number of hydrogen-bond acceptors (Lipinski definition) is 2. The fourth-order valence-electron chi connectivity index (χ4n) is 2.39. The third-order valence-corrected chi connectivity index (χ3v) is 4.52. The molecule has 0 aliphatic rings. The Labute approximate surface area is 150 Å². The second-order valence-corrected chi connectivity index (χ2v) is 6.19. The van der Waals surface area contributed by atoms with Crippen molar-refractivity contribution in [1.82, 2.24) is 15.1 Å². The summed E-state index contributed by atoms with van der Waals surface area (Å²) in [5.74, 6) is -0.166. The second kappa shape index (κ2) is 7.07. The highest BCUT2D eigenvalue weighted by atomic mass is 35.5. The number of carbonyl (C=O) groups is 1. The number of nitrogens with zero attached hydrogens (tertiary/aromatic N) is 2. The highest BCUT2D eigenvalue weighted by Gasteiger charge is 2.17. The Morgan fingerprint density at radius 3 is 2.62 bits per heavy atom. The van der Waals surface area contributed by atoms with Crippen LogP contribution >= 0.6 is 23.2 Å². The van der Waals surface area contributed by atoms with Crippen LogP contribution in [0, 0.1) is 0 Å². The predicted molar refractivity (Wildman–Crippen MR) is 96.3 cm³/mol. The lowest BCUT2D eigenvalue weighted by molar-refractivity contribution is 0.0779. The van der Waals surface area contributed by atoms with Crippen molar-refractivity contribution >= 4 is 29.1 Å². The van der Waals surface area contributed by atoms with E-state index in [9.17, 15) is 4.79 Å². The van der Waals surface area contributed by atoms with Crippen LogP contribution in [0.4, 0.5) is 0 Å². The van der Waals surface area contributed by atoms with Gasteiger partial charge in [0.2, 0.25) is 0 Å². The monoisotopic (exact) mass is 359 g/mol. The summed E-state index contributed by atoms with van der Waals surface area (Å²) in [6, 6.07) is 16.8. The van der Waals surface area contributed by atoms with Crippen LogP contribution in [0.25, 0.3) is 11.3 Å². The number of halogens is 2. The van der Waals surface area contributed by atoms with Crippen LogP contribution in [0.3, 0.4) is 0 Å². The molecule has 1 aromatic heterocycles. The molecule has 0 aliphatic carbocycles. The lowest BCUT2D eigenvalue weighted by Gasteiger charge is -2.17. The first-order valence-electron chi connectivity index (χ1n) is 7.35. The van der Waals surface area contributed by atoms with Crippen molar-refractivity contribution in [3.05, 3.63) is 75.9 Å². The van der Waals surface area contributed by atoms with Crippen molar-refractivity contribution in [1.29, 1.82) is 0 Å². The second-order valence-electron chi connectivity index (χ2n) is 5.41.